The minimum Gasteiger partial charge on any atom is -0.324 e. The van der Waals surface area contributed by atoms with Gasteiger partial charge in [0.2, 0.25) is 5.91 Å². The number of hydrogen-bond donors (Lipinski definition) is 2. The molecule has 0 bridgehead atoms. The van der Waals surface area contributed by atoms with Crippen molar-refractivity contribution in [3.05, 3.63) is 77.4 Å². The summed E-state index contributed by atoms with van der Waals surface area (Å²) in [5.74, 6) is 0.699. The van der Waals surface area contributed by atoms with Gasteiger partial charge in [-0.3, -0.25) is 4.79 Å². The van der Waals surface area contributed by atoms with E-state index in [1.807, 2.05) is 0 Å². The molecule has 0 aromatic heterocycles. The lowest BCUT2D eigenvalue weighted by molar-refractivity contribution is -0.115. The largest absolute Gasteiger partial charge is 0.324 e. The fourth-order valence-corrected chi connectivity index (χ4v) is 3.86. The second kappa shape index (κ2) is 9.23. The zero-order chi connectivity index (χ0) is 21.0. The van der Waals surface area contributed by atoms with E-state index in [1.165, 1.54) is 27.5 Å². The molecule has 0 saturated heterocycles. The summed E-state index contributed by atoms with van der Waals surface area (Å²) in [4.78, 5) is 12.8. The van der Waals surface area contributed by atoms with Gasteiger partial charge < -0.3 is 10.6 Å². The van der Waals surface area contributed by atoms with Crippen molar-refractivity contribution >= 4 is 22.4 Å². The molecule has 0 aliphatic rings. The predicted octanol–water partition coefficient (Wildman–Crippen LogP) is 6.38. The molecule has 0 heterocycles. The Hall–Kier alpha value is -2.65. The maximum absolute atomic E-state index is 12.8. The number of nitrogens with one attached hydrogen (secondary N) is 2. The van der Waals surface area contributed by atoms with Gasteiger partial charge in [-0.05, 0) is 46.2 Å². The van der Waals surface area contributed by atoms with Gasteiger partial charge in [-0.25, -0.2) is 0 Å². The molecule has 0 aliphatic carbocycles. The second-order valence-electron chi connectivity index (χ2n) is 8.34. The Morgan fingerprint density at radius 2 is 1.31 bits per heavy atom. The van der Waals surface area contributed by atoms with Gasteiger partial charge in [-0.2, -0.15) is 0 Å². The second-order valence-corrected chi connectivity index (χ2v) is 8.34. The van der Waals surface area contributed by atoms with Crippen molar-refractivity contribution in [1.82, 2.24) is 5.32 Å². The first-order chi connectivity index (χ1) is 13.9. The van der Waals surface area contributed by atoms with Gasteiger partial charge in [0.15, 0.2) is 0 Å². The number of fused-ring (bicyclic) bond motifs is 1. The van der Waals surface area contributed by atoms with Crippen molar-refractivity contribution in [2.45, 2.75) is 52.5 Å². The minimum atomic E-state index is -0.00733. The highest BCUT2D eigenvalue weighted by Crippen LogP contribution is 2.32. The van der Waals surface area contributed by atoms with Crippen molar-refractivity contribution in [3.63, 3.8) is 0 Å². The Labute approximate surface area is 174 Å². The Balaban J connectivity index is 1.73. The number of carbonyl (C=O) groups excluding carboxylic acids is 1. The third kappa shape index (κ3) is 4.86. The normalized spacial score (nSPS) is 12.5. The number of para-hydroxylation sites is 1. The highest BCUT2D eigenvalue weighted by atomic mass is 16.1. The lowest BCUT2D eigenvalue weighted by Crippen LogP contribution is -2.31. The van der Waals surface area contributed by atoms with Gasteiger partial charge >= 0.3 is 0 Å². The fourth-order valence-electron chi connectivity index (χ4n) is 3.86. The average Bonchev–Trinajstić information content (AvgIpc) is 2.71. The van der Waals surface area contributed by atoms with E-state index in [9.17, 15) is 4.79 Å². The van der Waals surface area contributed by atoms with Crippen LogP contribution in [0.5, 0.6) is 0 Å². The van der Waals surface area contributed by atoms with E-state index in [0.717, 1.165) is 5.69 Å². The first-order valence-corrected chi connectivity index (χ1v) is 10.5. The molecule has 1 amide bonds. The highest BCUT2D eigenvalue weighted by molar-refractivity contribution is 5.94. The van der Waals surface area contributed by atoms with E-state index in [-0.39, 0.29) is 18.5 Å². The first kappa shape index (κ1) is 21.1. The molecule has 3 aromatic carbocycles. The fraction of sp³-hybridized carbons (Fsp3) is 0.346. The zero-order valence-corrected chi connectivity index (χ0v) is 18.1. The van der Waals surface area contributed by atoms with E-state index in [1.54, 1.807) is 0 Å². The van der Waals surface area contributed by atoms with Crippen LogP contribution in [0, 0.1) is 0 Å². The molecule has 2 N–H and O–H groups in total. The number of carbonyl (C=O) groups is 1. The molecule has 0 fully saturated rings. The van der Waals surface area contributed by atoms with Crippen molar-refractivity contribution in [2.24, 2.45) is 0 Å². The average molecular weight is 389 g/mol. The lowest BCUT2D eigenvalue weighted by atomic mass is 9.92. The third-order valence-electron chi connectivity index (χ3n) is 5.50. The van der Waals surface area contributed by atoms with Gasteiger partial charge in [-0.1, -0.05) is 88.4 Å². The lowest BCUT2D eigenvalue weighted by Gasteiger charge is -2.21. The summed E-state index contributed by atoms with van der Waals surface area (Å²) in [7, 11) is 0. The molecule has 0 spiro atoms. The number of rotatable bonds is 7. The minimum absolute atomic E-state index is 0.00733. The van der Waals surface area contributed by atoms with Crippen molar-refractivity contribution in [3.8, 4) is 0 Å². The molecule has 3 heteroatoms. The maximum Gasteiger partial charge on any atom is 0.238 e. The molecule has 3 nitrogen and oxygen atoms in total. The number of anilines is 1. The van der Waals surface area contributed by atoms with E-state index in [2.05, 4.69) is 106 Å². The van der Waals surface area contributed by atoms with Gasteiger partial charge in [0.05, 0.1) is 6.54 Å². The van der Waals surface area contributed by atoms with Crippen LogP contribution >= 0.6 is 0 Å². The van der Waals surface area contributed by atoms with Crippen LogP contribution in [0.1, 0.15) is 69.2 Å². The number of hydrogen-bond acceptors (Lipinski definition) is 2. The maximum atomic E-state index is 12.8. The standard InChI is InChI=1S/C26H32N2O/c1-17(2)21-13-9-14-22(18(3)4)26(21)28-25(29)16-27-19(5)23-15-8-11-20-10-6-7-12-24(20)23/h6-15,17-19,27H,16H2,1-5H3,(H,28,29). The molecule has 1 unspecified atom stereocenters. The van der Waals surface area contributed by atoms with Gasteiger partial charge in [0.1, 0.15) is 0 Å². The third-order valence-corrected chi connectivity index (χ3v) is 5.50. The number of benzene rings is 3. The zero-order valence-electron chi connectivity index (χ0n) is 18.1. The Morgan fingerprint density at radius 1 is 0.759 bits per heavy atom. The van der Waals surface area contributed by atoms with E-state index >= 15 is 0 Å². The van der Waals surface area contributed by atoms with E-state index in [4.69, 9.17) is 0 Å². The van der Waals surface area contributed by atoms with Crippen LogP contribution in [0.3, 0.4) is 0 Å². The molecule has 3 aromatic rings. The van der Waals surface area contributed by atoms with Crippen LogP contribution < -0.4 is 10.6 Å². The van der Waals surface area contributed by atoms with Crippen LogP contribution in [-0.4, -0.2) is 12.5 Å². The molecular weight excluding hydrogens is 356 g/mol. The van der Waals surface area contributed by atoms with Gasteiger partial charge in [0.25, 0.3) is 0 Å². The van der Waals surface area contributed by atoms with Crippen molar-refractivity contribution < 1.29 is 4.79 Å². The summed E-state index contributed by atoms with van der Waals surface area (Å²) < 4.78 is 0. The van der Waals surface area contributed by atoms with Crippen molar-refractivity contribution in [1.29, 1.82) is 0 Å². The van der Waals surface area contributed by atoms with Crippen LogP contribution in [-0.2, 0) is 4.79 Å². The highest BCUT2D eigenvalue weighted by Gasteiger charge is 2.17. The Bertz CT molecular complexity index is 959. The first-order valence-electron chi connectivity index (χ1n) is 10.5. The summed E-state index contributed by atoms with van der Waals surface area (Å²) in [5.41, 5.74) is 4.56. The molecule has 1 atom stereocenters. The molecule has 0 aliphatic heterocycles. The summed E-state index contributed by atoms with van der Waals surface area (Å²) >= 11 is 0. The van der Waals surface area contributed by atoms with Crippen LogP contribution in [0.25, 0.3) is 10.8 Å². The van der Waals surface area contributed by atoms with Gasteiger partial charge in [-0.15, -0.1) is 0 Å². The molecule has 152 valence electrons. The Kier molecular flexibility index (Phi) is 6.71. The summed E-state index contributed by atoms with van der Waals surface area (Å²) in [6.45, 7) is 11.0. The Morgan fingerprint density at radius 3 is 1.97 bits per heavy atom. The molecule has 3 rings (SSSR count). The summed E-state index contributed by atoms with van der Waals surface area (Å²) in [6, 6.07) is 21.1. The smallest absolute Gasteiger partial charge is 0.238 e. The van der Waals surface area contributed by atoms with Gasteiger partial charge in [0, 0.05) is 11.7 Å². The van der Waals surface area contributed by atoms with Crippen LogP contribution in [0.4, 0.5) is 5.69 Å². The summed E-state index contributed by atoms with van der Waals surface area (Å²) in [5, 5.41) is 9.02. The van der Waals surface area contributed by atoms with Crippen molar-refractivity contribution in [2.75, 3.05) is 11.9 Å². The number of amides is 1. The SMILES string of the molecule is CC(C)c1cccc(C(C)C)c1NC(=O)CNC(C)c1cccc2ccccc12. The summed E-state index contributed by atoms with van der Waals surface area (Å²) in [6.07, 6.45) is 0. The molecule has 0 radical (unpaired) electrons. The molecular formula is C26H32N2O. The van der Waals surface area contributed by atoms with Crippen LogP contribution in [0.2, 0.25) is 0 Å². The predicted molar refractivity (Wildman–Crippen MR) is 124 cm³/mol. The monoisotopic (exact) mass is 388 g/mol. The van der Waals surface area contributed by atoms with E-state index in [0.29, 0.717) is 11.8 Å². The van der Waals surface area contributed by atoms with Crippen LogP contribution in [0.15, 0.2) is 60.7 Å². The molecule has 29 heavy (non-hydrogen) atoms. The quantitative estimate of drug-likeness (QED) is 0.493. The topological polar surface area (TPSA) is 41.1 Å². The van der Waals surface area contributed by atoms with E-state index < -0.39 is 0 Å². The molecule has 0 saturated carbocycles.